The predicted molar refractivity (Wildman–Crippen MR) is 120 cm³/mol. The molecule has 6 heteroatoms. The number of nitrogens with zero attached hydrogens (tertiary/aromatic N) is 3. The van der Waals surface area contributed by atoms with Crippen molar-refractivity contribution in [3.8, 4) is 0 Å². The third-order valence-electron chi connectivity index (χ3n) is 5.72. The molecule has 0 atom stereocenters. The number of piperidine rings is 1. The van der Waals surface area contributed by atoms with Gasteiger partial charge in [-0.1, -0.05) is 30.7 Å². The number of likely N-dealkylation sites (tertiary alicyclic amines) is 1. The van der Waals surface area contributed by atoms with Crippen LogP contribution >= 0.6 is 0 Å². The van der Waals surface area contributed by atoms with Gasteiger partial charge in [0.05, 0.1) is 19.4 Å². The minimum atomic E-state index is -0.194. The number of anilines is 1. The third kappa shape index (κ3) is 5.68. The lowest BCUT2D eigenvalue weighted by Gasteiger charge is -2.28. The minimum absolute atomic E-state index is 0.194. The molecule has 2 heterocycles. The molecule has 0 unspecified atom stereocenters. The highest BCUT2D eigenvalue weighted by atomic mass is 16.5. The van der Waals surface area contributed by atoms with E-state index in [1.807, 2.05) is 36.4 Å². The number of carbonyl (C=O) groups is 1. The SMILES string of the molecule is O=C(N/N=C/c1ccc(N2CCOCC2)cc1)c1ccc(CN2CCCCC2)cc1. The maximum atomic E-state index is 12.3. The topological polar surface area (TPSA) is 57.2 Å². The smallest absolute Gasteiger partial charge is 0.271 e. The summed E-state index contributed by atoms with van der Waals surface area (Å²) in [6.07, 6.45) is 5.59. The molecule has 6 nitrogen and oxygen atoms in total. The summed E-state index contributed by atoms with van der Waals surface area (Å²) in [7, 11) is 0. The molecule has 2 aromatic carbocycles. The summed E-state index contributed by atoms with van der Waals surface area (Å²) in [6.45, 7) is 6.68. The Morgan fingerprint density at radius 3 is 2.33 bits per heavy atom. The molecule has 2 fully saturated rings. The van der Waals surface area contributed by atoms with Crippen molar-refractivity contribution in [2.75, 3.05) is 44.3 Å². The molecule has 0 saturated carbocycles. The molecule has 2 aliphatic heterocycles. The Labute approximate surface area is 178 Å². The van der Waals surface area contributed by atoms with Crippen molar-refractivity contribution in [1.82, 2.24) is 10.3 Å². The number of ether oxygens (including phenoxy) is 1. The van der Waals surface area contributed by atoms with Gasteiger partial charge in [-0.25, -0.2) is 5.43 Å². The molecule has 0 spiro atoms. The number of carbonyl (C=O) groups excluding carboxylic acids is 1. The van der Waals surface area contributed by atoms with Crippen LogP contribution in [0.25, 0.3) is 0 Å². The maximum Gasteiger partial charge on any atom is 0.271 e. The molecule has 2 saturated heterocycles. The van der Waals surface area contributed by atoms with Gasteiger partial charge in [-0.15, -0.1) is 0 Å². The number of hydrazone groups is 1. The van der Waals surface area contributed by atoms with Gasteiger partial charge >= 0.3 is 0 Å². The van der Waals surface area contributed by atoms with E-state index >= 15 is 0 Å². The molecule has 0 radical (unpaired) electrons. The fourth-order valence-electron chi connectivity index (χ4n) is 3.96. The number of hydrogen-bond acceptors (Lipinski definition) is 5. The van der Waals surface area contributed by atoms with Crippen LogP contribution < -0.4 is 10.3 Å². The van der Waals surface area contributed by atoms with E-state index in [0.29, 0.717) is 5.56 Å². The van der Waals surface area contributed by atoms with Crippen molar-refractivity contribution >= 4 is 17.8 Å². The van der Waals surface area contributed by atoms with E-state index < -0.39 is 0 Å². The fourth-order valence-corrected chi connectivity index (χ4v) is 3.96. The van der Waals surface area contributed by atoms with E-state index in [1.54, 1.807) is 6.21 Å². The van der Waals surface area contributed by atoms with Crippen LogP contribution in [-0.2, 0) is 11.3 Å². The zero-order chi connectivity index (χ0) is 20.6. The first-order valence-corrected chi connectivity index (χ1v) is 10.9. The first kappa shape index (κ1) is 20.6. The molecule has 4 rings (SSSR count). The second-order valence-corrected chi connectivity index (χ2v) is 7.92. The molecule has 30 heavy (non-hydrogen) atoms. The molecular weight excluding hydrogens is 376 g/mol. The van der Waals surface area contributed by atoms with Crippen LogP contribution in [0, 0.1) is 0 Å². The lowest BCUT2D eigenvalue weighted by molar-refractivity contribution is 0.0955. The van der Waals surface area contributed by atoms with Gasteiger partial charge < -0.3 is 9.64 Å². The monoisotopic (exact) mass is 406 g/mol. The first-order chi connectivity index (χ1) is 14.8. The minimum Gasteiger partial charge on any atom is -0.378 e. The van der Waals surface area contributed by atoms with Crippen LogP contribution in [0.15, 0.2) is 53.6 Å². The Hall–Kier alpha value is -2.70. The Morgan fingerprint density at radius 1 is 0.933 bits per heavy atom. The van der Waals surface area contributed by atoms with Crippen LogP contribution in [0.4, 0.5) is 5.69 Å². The second-order valence-electron chi connectivity index (χ2n) is 7.92. The molecule has 158 valence electrons. The van der Waals surface area contributed by atoms with E-state index in [9.17, 15) is 4.79 Å². The Kier molecular flexibility index (Phi) is 7.11. The molecular formula is C24H30N4O2. The van der Waals surface area contributed by atoms with Crippen molar-refractivity contribution < 1.29 is 9.53 Å². The van der Waals surface area contributed by atoms with Gasteiger partial charge in [0, 0.05) is 30.9 Å². The van der Waals surface area contributed by atoms with Gasteiger partial charge in [0.15, 0.2) is 0 Å². The zero-order valence-corrected chi connectivity index (χ0v) is 17.4. The third-order valence-corrected chi connectivity index (χ3v) is 5.72. The second kappa shape index (κ2) is 10.4. The average Bonchev–Trinajstić information content (AvgIpc) is 2.81. The number of benzene rings is 2. The number of nitrogens with one attached hydrogen (secondary N) is 1. The van der Waals surface area contributed by atoms with Crippen molar-refractivity contribution in [3.63, 3.8) is 0 Å². The molecule has 2 aromatic rings. The van der Waals surface area contributed by atoms with Crippen molar-refractivity contribution in [1.29, 1.82) is 0 Å². The number of rotatable bonds is 6. The molecule has 1 amide bonds. The Balaban J connectivity index is 1.26. The van der Waals surface area contributed by atoms with Crippen molar-refractivity contribution in [2.45, 2.75) is 25.8 Å². The lowest BCUT2D eigenvalue weighted by Crippen LogP contribution is -2.36. The van der Waals surface area contributed by atoms with Crippen LogP contribution in [0.2, 0.25) is 0 Å². The highest BCUT2D eigenvalue weighted by molar-refractivity contribution is 5.94. The van der Waals surface area contributed by atoms with Crippen molar-refractivity contribution in [3.05, 3.63) is 65.2 Å². The van der Waals surface area contributed by atoms with Gasteiger partial charge in [0.1, 0.15) is 0 Å². The average molecular weight is 407 g/mol. The van der Waals surface area contributed by atoms with E-state index in [2.05, 4.69) is 32.5 Å². The molecule has 1 N–H and O–H groups in total. The number of hydrogen-bond donors (Lipinski definition) is 1. The summed E-state index contributed by atoms with van der Waals surface area (Å²) in [5.41, 5.74) is 6.62. The van der Waals surface area contributed by atoms with Crippen LogP contribution in [0.1, 0.15) is 40.7 Å². The van der Waals surface area contributed by atoms with E-state index in [-0.39, 0.29) is 5.91 Å². The summed E-state index contributed by atoms with van der Waals surface area (Å²) in [6, 6.07) is 16.0. The molecule has 0 aliphatic carbocycles. The van der Waals surface area contributed by atoms with Gasteiger partial charge in [-0.05, 0) is 61.3 Å². The summed E-state index contributed by atoms with van der Waals surface area (Å²) < 4.78 is 5.39. The summed E-state index contributed by atoms with van der Waals surface area (Å²) in [4.78, 5) is 17.1. The molecule has 0 bridgehead atoms. The largest absolute Gasteiger partial charge is 0.378 e. The predicted octanol–water partition coefficient (Wildman–Crippen LogP) is 3.27. The van der Waals surface area contributed by atoms with Gasteiger partial charge in [0.25, 0.3) is 5.91 Å². The van der Waals surface area contributed by atoms with Gasteiger partial charge in [-0.3, -0.25) is 9.69 Å². The standard InChI is InChI=1S/C24H30N4O2/c29-24(22-8-4-21(5-9-22)19-27-12-2-1-3-13-27)26-25-18-20-6-10-23(11-7-20)28-14-16-30-17-15-28/h4-11,18H,1-3,12-17,19H2,(H,26,29)/b25-18+. The van der Waals surface area contributed by atoms with Crippen molar-refractivity contribution in [2.24, 2.45) is 5.10 Å². The summed E-state index contributed by atoms with van der Waals surface area (Å²) in [5, 5.41) is 4.11. The maximum absolute atomic E-state index is 12.3. The van der Waals surface area contributed by atoms with E-state index in [4.69, 9.17) is 4.74 Å². The summed E-state index contributed by atoms with van der Waals surface area (Å²) >= 11 is 0. The normalized spacial score (nSPS) is 17.9. The van der Waals surface area contributed by atoms with Crippen LogP contribution in [0.5, 0.6) is 0 Å². The first-order valence-electron chi connectivity index (χ1n) is 10.9. The van der Waals surface area contributed by atoms with E-state index in [0.717, 1.165) is 38.4 Å². The van der Waals surface area contributed by atoms with Gasteiger partial charge in [-0.2, -0.15) is 5.10 Å². The van der Waals surface area contributed by atoms with E-state index in [1.165, 1.54) is 43.6 Å². The molecule has 0 aromatic heterocycles. The van der Waals surface area contributed by atoms with Crippen LogP contribution in [0.3, 0.4) is 0 Å². The quantitative estimate of drug-likeness (QED) is 0.591. The summed E-state index contributed by atoms with van der Waals surface area (Å²) in [5.74, 6) is -0.194. The van der Waals surface area contributed by atoms with Gasteiger partial charge in [0.2, 0.25) is 0 Å². The highest BCUT2D eigenvalue weighted by Gasteiger charge is 2.12. The molecule has 2 aliphatic rings. The van der Waals surface area contributed by atoms with Crippen LogP contribution in [-0.4, -0.2) is 56.4 Å². The number of morpholine rings is 1. The lowest BCUT2D eigenvalue weighted by atomic mass is 10.1. The fraction of sp³-hybridized carbons (Fsp3) is 0.417. The highest BCUT2D eigenvalue weighted by Crippen LogP contribution is 2.16. The number of amides is 1. The zero-order valence-electron chi connectivity index (χ0n) is 17.4. The Morgan fingerprint density at radius 2 is 1.63 bits per heavy atom. The Bertz CT molecular complexity index is 837.